The van der Waals surface area contributed by atoms with Gasteiger partial charge in [-0.15, -0.1) is 0 Å². The van der Waals surface area contributed by atoms with Crippen LogP contribution in [-0.2, 0) is 20.6 Å². The number of aromatic nitrogens is 4. The average Bonchev–Trinajstić information content (AvgIpc) is 3.00. The maximum Gasteiger partial charge on any atom is 0.332 e. The Hall–Kier alpha value is -1.89. The molecule has 1 atom stereocenters. The normalized spacial score (nSPS) is 23.2. The molecule has 2 aromatic rings. The summed E-state index contributed by atoms with van der Waals surface area (Å²) in [6.45, 7) is -6.42. The summed E-state index contributed by atoms with van der Waals surface area (Å²) in [6, 6.07) is 0. The second-order valence-electron chi connectivity index (χ2n) is 4.21. The molecule has 0 saturated carbocycles. The van der Waals surface area contributed by atoms with Crippen LogP contribution in [0.1, 0.15) is 38.4 Å². The predicted molar refractivity (Wildman–Crippen MR) is 75.7 cm³/mol. The molecule has 0 aliphatic heterocycles. The second-order valence-corrected chi connectivity index (χ2v) is 4.21. The van der Waals surface area contributed by atoms with Gasteiger partial charge in [-0.1, -0.05) is 0 Å². The molecule has 0 fully saturated rings. The Morgan fingerprint density at radius 3 is 3.05 bits per heavy atom. The van der Waals surface area contributed by atoms with Crippen molar-refractivity contribution in [2.24, 2.45) is 14.0 Å². The van der Waals surface area contributed by atoms with Gasteiger partial charge in [-0.3, -0.25) is 13.9 Å². The highest BCUT2D eigenvalue weighted by atomic mass is 16.3. The molecule has 1 N–H and O–H groups in total. The molecule has 110 valence electrons. The van der Waals surface area contributed by atoms with E-state index in [2.05, 4.69) is 4.98 Å². The largest absolute Gasteiger partial charge is 0.393 e. The molecule has 2 aromatic heterocycles. The second kappa shape index (κ2) is 5.62. The summed E-state index contributed by atoms with van der Waals surface area (Å²) in [4.78, 5) is 28.9. The molecule has 1 unspecified atom stereocenters. The van der Waals surface area contributed by atoms with Gasteiger partial charge in [0.05, 0.1) is 13.8 Å². The maximum atomic E-state index is 12.7. The Balaban J connectivity index is 2.41. The maximum absolute atomic E-state index is 12.7. The van der Waals surface area contributed by atoms with Gasteiger partial charge in [0.2, 0.25) is 0 Å². The van der Waals surface area contributed by atoms with Crippen molar-refractivity contribution in [2.45, 2.75) is 38.7 Å². The lowest BCUT2D eigenvalue weighted by atomic mass is 10.2. The quantitative estimate of drug-likeness (QED) is 0.839. The molecule has 0 aliphatic carbocycles. The minimum absolute atomic E-state index is 0.134. The van der Waals surface area contributed by atoms with Crippen molar-refractivity contribution < 1.29 is 17.4 Å². The fourth-order valence-electron chi connectivity index (χ4n) is 1.91. The SMILES string of the molecule is [2H]C([2H])([2H])n1cnc2c1c(=O)n(CCCC([2H])([2H])C([2H])(O)C([2H])([2H])[2H])c(=O)n2C. The number of fused-ring (bicyclic) bond motifs is 1. The first-order valence-electron chi connectivity index (χ1n) is 10.3. The lowest BCUT2D eigenvalue weighted by Crippen LogP contribution is -2.39. The van der Waals surface area contributed by atoms with Gasteiger partial charge in [-0.25, -0.2) is 9.78 Å². The smallest absolute Gasteiger partial charge is 0.332 e. The van der Waals surface area contributed by atoms with Gasteiger partial charge in [0.25, 0.3) is 5.56 Å². The van der Waals surface area contributed by atoms with E-state index in [1.54, 1.807) is 0 Å². The summed E-state index contributed by atoms with van der Waals surface area (Å²) < 4.78 is 69.1. The van der Waals surface area contributed by atoms with Crippen LogP contribution in [-0.4, -0.2) is 29.9 Å². The van der Waals surface area contributed by atoms with E-state index >= 15 is 0 Å². The van der Waals surface area contributed by atoms with Crippen LogP contribution < -0.4 is 11.2 Å². The van der Waals surface area contributed by atoms with Gasteiger partial charge in [0.15, 0.2) is 11.2 Å². The van der Waals surface area contributed by atoms with E-state index in [-0.39, 0.29) is 24.1 Å². The highest BCUT2D eigenvalue weighted by molar-refractivity contribution is 5.69. The van der Waals surface area contributed by atoms with Gasteiger partial charge in [-0.05, 0) is 26.1 Å². The Morgan fingerprint density at radius 1 is 1.55 bits per heavy atom. The molecular formula is C13H20N4O3. The van der Waals surface area contributed by atoms with Crippen molar-refractivity contribution in [3.8, 4) is 0 Å². The van der Waals surface area contributed by atoms with Crippen LogP contribution in [0.4, 0.5) is 0 Å². The van der Waals surface area contributed by atoms with Crippen LogP contribution in [0, 0.1) is 0 Å². The Labute approximate surface area is 128 Å². The van der Waals surface area contributed by atoms with Gasteiger partial charge in [-0.2, -0.15) is 0 Å². The molecule has 7 nitrogen and oxygen atoms in total. The lowest BCUT2D eigenvalue weighted by molar-refractivity contribution is 0.180. The molecule has 2 heterocycles. The van der Waals surface area contributed by atoms with E-state index in [0.29, 0.717) is 9.13 Å². The zero-order chi connectivity index (χ0) is 22.6. The third-order valence-corrected chi connectivity index (χ3v) is 2.88. The third kappa shape index (κ3) is 2.53. The van der Waals surface area contributed by atoms with E-state index in [4.69, 9.17) is 12.3 Å². The zero-order valence-electron chi connectivity index (χ0n) is 19.8. The van der Waals surface area contributed by atoms with Crippen molar-refractivity contribution in [1.29, 1.82) is 0 Å². The van der Waals surface area contributed by atoms with Crippen LogP contribution >= 0.6 is 0 Å². The first-order chi connectivity index (χ1) is 12.9. The fourth-order valence-corrected chi connectivity index (χ4v) is 1.91. The molecule has 7 heteroatoms. The minimum Gasteiger partial charge on any atom is -0.393 e. The van der Waals surface area contributed by atoms with E-state index < -0.39 is 44.0 Å². The summed E-state index contributed by atoms with van der Waals surface area (Å²) in [5.74, 6) is 0. The number of hydrogen-bond donors (Lipinski definition) is 1. The van der Waals surface area contributed by atoms with Crippen molar-refractivity contribution >= 4 is 11.2 Å². The summed E-state index contributed by atoms with van der Waals surface area (Å²) in [6.07, 6.45) is -6.25. The summed E-state index contributed by atoms with van der Waals surface area (Å²) in [5.41, 5.74) is -2.25. The molecule has 2 rings (SSSR count). The third-order valence-electron chi connectivity index (χ3n) is 2.88. The molecule has 0 spiro atoms. The van der Waals surface area contributed by atoms with Crippen molar-refractivity contribution in [1.82, 2.24) is 18.7 Å². The molecule has 0 bridgehead atoms. The monoisotopic (exact) mass is 289 g/mol. The number of nitrogens with zero attached hydrogens (tertiary/aromatic N) is 4. The number of rotatable bonds is 5. The molecule has 0 saturated heterocycles. The number of imidazole rings is 1. The van der Waals surface area contributed by atoms with E-state index in [1.165, 1.54) is 7.05 Å². The van der Waals surface area contributed by atoms with Crippen LogP contribution in [0.5, 0.6) is 0 Å². The van der Waals surface area contributed by atoms with Crippen LogP contribution in [0.15, 0.2) is 15.9 Å². The van der Waals surface area contributed by atoms with E-state index in [0.717, 1.165) is 10.9 Å². The summed E-state index contributed by atoms with van der Waals surface area (Å²) >= 11 is 0. The van der Waals surface area contributed by atoms with Crippen molar-refractivity contribution in [3.05, 3.63) is 27.2 Å². The number of aryl methyl sites for hydroxylation is 2. The highest BCUT2D eigenvalue weighted by Crippen LogP contribution is 2.04. The molecule has 0 aromatic carbocycles. The lowest BCUT2D eigenvalue weighted by Gasteiger charge is -2.09. The van der Waals surface area contributed by atoms with E-state index in [1.807, 2.05) is 0 Å². The molecule has 0 aliphatic rings. The highest BCUT2D eigenvalue weighted by Gasteiger charge is 2.14. The minimum atomic E-state index is -3.39. The van der Waals surface area contributed by atoms with Crippen LogP contribution in [0.25, 0.3) is 11.2 Å². The van der Waals surface area contributed by atoms with Gasteiger partial charge < -0.3 is 9.67 Å². The topological polar surface area (TPSA) is 82.1 Å². The summed E-state index contributed by atoms with van der Waals surface area (Å²) in [5, 5.41) is 9.79. The first-order valence-corrected chi connectivity index (χ1v) is 5.83. The Kier molecular flexibility index (Phi) is 1.89. The number of hydrogen-bond acceptors (Lipinski definition) is 4. The average molecular weight is 289 g/mol. The van der Waals surface area contributed by atoms with Crippen molar-refractivity contribution in [2.75, 3.05) is 0 Å². The zero-order valence-corrected chi connectivity index (χ0v) is 10.8. The summed E-state index contributed by atoms with van der Waals surface area (Å²) in [7, 11) is 1.29. The molecule has 0 radical (unpaired) electrons. The van der Waals surface area contributed by atoms with Crippen molar-refractivity contribution in [3.63, 3.8) is 0 Å². The molecule has 20 heavy (non-hydrogen) atoms. The number of aliphatic hydroxyl groups is 1. The van der Waals surface area contributed by atoms with Crippen LogP contribution in [0.2, 0.25) is 0 Å². The van der Waals surface area contributed by atoms with Gasteiger partial charge in [0, 0.05) is 31.5 Å². The first kappa shape index (κ1) is 6.71. The van der Waals surface area contributed by atoms with Crippen LogP contribution in [0.3, 0.4) is 0 Å². The predicted octanol–water partition coefficient (Wildman–Crippen LogP) is -0.0152. The molecule has 0 amide bonds. The Bertz CT molecular complexity index is 1030. The van der Waals surface area contributed by atoms with Gasteiger partial charge >= 0.3 is 5.69 Å². The standard InChI is InChI=1S/C13H20N4O3/c1-9(18)6-4-5-7-17-12(19)10-11(14-8-15(10)2)16(3)13(17)20/h8-9,18H,4-7H2,1-3H3/i1D3,2D3,6D2,9D. The fraction of sp³-hybridized carbons (Fsp3) is 0.615. The van der Waals surface area contributed by atoms with Gasteiger partial charge in [0.1, 0.15) is 0 Å². The molecular weight excluding hydrogens is 260 g/mol. The van der Waals surface area contributed by atoms with E-state index in [9.17, 15) is 14.7 Å². The Morgan fingerprint density at radius 2 is 2.35 bits per heavy atom.